The van der Waals surface area contributed by atoms with Gasteiger partial charge in [-0.1, -0.05) is 19.0 Å². The summed E-state index contributed by atoms with van der Waals surface area (Å²) in [6.07, 6.45) is 1.76. The lowest BCUT2D eigenvalue weighted by Crippen LogP contribution is -2.59. The standard InChI is InChI=1S/C10H14Cl2N2O2.C10H16N2O4.CH4.Cl3OP/c1-6(2)14-9(15)7(4-3-5-11)8(12)13-10(14)16;1-6(2)12-9(15)7(4-3-5-13)8(14)11-10(12)16;;1-5(2,3)4/h6H,3-5H2,1-2H3,(H,13,16);6-7,13H,3-5H2,1-2H3,(H,11,14,16);1H4;. The van der Waals surface area contributed by atoms with Crippen molar-refractivity contribution < 1.29 is 24.1 Å². The summed E-state index contributed by atoms with van der Waals surface area (Å²) in [4.78, 5) is 61.7. The molecule has 4 amide bonds. The van der Waals surface area contributed by atoms with E-state index in [9.17, 15) is 28.5 Å². The molecule has 1 aliphatic rings. The quantitative estimate of drug-likeness (QED) is 0.148. The van der Waals surface area contributed by atoms with Crippen molar-refractivity contribution in [3.05, 3.63) is 31.6 Å². The lowest BCUT2D eigenvalue weighted by Gasteiger charge is -2.32. The first-order valence-electron chi connectivity index (χ1n) is 11.0. The lowest BCUT2D eigenvalue weighted by atomic mass is 9.98. The van der Waals surface area contributed by atoms with Gasteiger partial charge in [-0.05, 0) is 87.1 Å². The molecule has 1 saturated heterocycles. The molecule has 0 saturated carbocycles. The number of alkyl halides is 1. The molecule has 1 unspecified atom stereocenters. The summed E-state index contributed by atoms with van der Waals surface area (Å²) in [5.74, 6) is -1.44. The van der Waals surface area contributed by atoms with Crippen LogP contribution in [0.1, 0.15) is 66.0 Å². The minimum atomic E-state index is -3.22. The number of aromatic nitrogens is 2. The number of barbiturate groups is 1. The molecule has 1 aromatic heterocycles. The maximum Gasteiger partial charge on any atom is 0.339 e. The van der Waals surface area contributed by atoms with Crippen molar-refractivity contribution in [3.63, 3.8) is 0 Å². The second-order valence-corrected chi connectivity index (χ2v) is 15.6. The van der Waals surface area contributed by atoms with Gasteiger partial charge in [0, 0.05) is 24.6 Å². The van der Waals surface area contributed by atoms with E-state index in [1.807, 2.05) is 0 Å². The van der Waals surface area contributed by atoms with Crippen LogP contribution in [-0.4, -0.2) is 55.9 Å². The third kappa shape index (κ3) is 13.3. The highest BCUT2D eigenvalue weighted by molar-refractivity contribution is 8.24. The lowest BCUT2D eigenvalue weighted by molar-refractivity contribution is -0.144. The van der Waals surface area contributed by atoms with Crippen molar-refractivity contribution in [2.24, 2.45) is 5.92 Å². The van der Waals surface area contributed by atoms with Crippen molar-refractivity contribution in [1.82, 2.24) is 19.8 Å². The van der Waals surface area contributed by atoms with E-state index >= 15 is 0 Å². The molecule has 11 nitrogen and oxygen atoms in total. The van der Waals surface area contributed by atoms with Crippen LogP contribution in [0, 0.1) is 5.92 Å². The molecule has 1 atom stereocenters. The Balaban J connectivity index is 0. The third-order valence-electron chi connectivity index (χ3n) is 4.72. The first-order valence-corrected chi connectivity index (χ1v) is 16.4. The molecule has 220 valence electrons. The first kappa shape index (κ1) is 39.1. The van der Waals surface area contributed by atoms with E-state index in [-0.39, 0.29) is 43.3 Å². The second-order valence-electron chi connectivity index (χ2n) is 8.20. The zero-order chi connectivity index (χ0) is 29.1. The largest absolute Gasteiger partial charge is 0.396 e. The summed E-state index contributed by atoms with van der Waals surface area (Å²) in [6, 6.07) is -1.13. The Kier molecular flexibility index (Phi) is 18.8. The average molecular weight is 663 g/mol. The van der Waals surface area contributed by atoms with Crippen molar-refractivity contribution in [2.75, 3.05) is 12.5 Å². The Morgan fingerprint density at radius 3 is 1.95 bits per heavy atom. The molecular weight excluding hydrogens is 628 g/mol. The van der Waals surface area contributed by atoms with Gasteiger partial charge >= 0.3 is 16.9 Å². The van der Waals surface area contributed by atoms with Gasteiger partial charge in [0.25, 0.3) is 5.56 Å². The van der Waals surface area contributed by atoms with E-state index in [4.69, 9.17) is 28.3 Å². The third-order valence-corrected chi connectivity index (χ3v) is 5.31. The highest BCUT2D eigenvalue weighted by Crippen LogP contribution is 2.61. The molecule has 0 spiro atoms. The maximum absolute atomic E-state index is 12.0. The van der Waals surface area contributed by atoms with Crippen LogP contribution in [0.4, 0.5) is 4.79 Å². The predicted molar refractivity (Wildman–Crippen MR) is 153 cm³/mol. The van der Waals surface area contributed by atoms with Gasteiger partial charge in [0.1, 0.15) is 11.1 Å². The van der Waals surface area contributed by atoms with Gasteiger partial charge in [0.05, 0.1) is 5.56 Å². The van der Waals surface area contributed by atoms with Gasteiger partial charge < -0.3 is 5.11 Å². The van der Waals surface area contributed by atoms with E-state index in [1.165, 1.54) is 0 Å². The number of aromatic amines is 1. The summed E-state index contributed by atoms with van der Waals surface area (Å²) < 4.78 is 10.7. The van der Waals surface area contributed by atoms with Crippen LogP contribution < -0.4 is 16.6 Å². The van der Waals surface area contributed by atoms with Crippen LogP contribution in [0.2, 0.25) is 5.15 Å². The number of hydrogen-bond donors (Lipinski definition) is 3. The fraction of sp³-hybridized carbons (Fsp3) is 0.667. The molecule has 1 aliphatic heterocycles. The van der Waals surface area contributed by atoms with Crippen LogP contribution in [-0.2, 0) is 20.6 Å². The minimum absolute atomic E-state index is 0. The SMILES string of the molecule is C.CC(C)N1C(=O)NC(=O)C(CCCO)C1=O.CC(C)n1c(=O)[nH]c(Cl)c(CCCCl)c1=O.O=P(Cl)(Cl)Cl. The topological polar surface area (TPSA) is 159 Å². The number of aliphatic hydroxyl groups excluding tert-OH is 1. The number of H-pyrrole nitrogens is 1. The number of imide groups is 2. The Labute approximate surface area is 245 Å². The molecule has 38 heavy (non-hydrogen) atoms. The molecule has 0 aliphatic carbocycles. The summed E-state index contributed by atoms with van der Waals surface area (Å²) in [7, 11) is 0. The zero-order valence-corrected chi connectivity index (χ0v) is 25.3. The average Bonchev–Trinajstić information content (AvgIpc) is 2.71. The number of rotatable bonds is 8. The van der Waals surface area contributed by atoms with Crippen LogP contribution in [0.3, 0.4) is 0 Å². The second kappa shape index (κ2) is 18.3. The normalized spacial score (nSPS) is 15.3. The van der Waals surface area contributed by atoms with E-state index in [2.05, 4.69) is 44.0 Å². The monoisotopic (exact) mass is 660 g/mol. The number of aliphatic hydroxyl groups is 1. The fourth-order valence-corrected chi connectivity index (χ4v) is 3.55. The molecular formula is C21H34Cl5N4O7P. The van der Waals surface area contributed by atoms with E-state index in [0.717, 1.165) is 9.47 Å². The van der Waals surface area contributed by atoms with Gasteiger partial charge in [-0.2, -0.15) is 0 Å². The van der Waals surface area contributed by atoms with Gasteiger partial charge in [-0.25, -0.2) is 9.59 Å². The number of amides is 4. The first-order chi connectivity index (χ1) is 17.0. The van der Waals surface area contributed by atoms with Crippen LogP contribution in [0.5, 0.6) is 0 Å². The summed E-state index contributed by atoms with van der Waals surface area (Å²) in [5, 5.41) is 7.72. The highest BCUT2D eigenvalue weighted by Gasteiger charge is 2.40. The summed E-state index contributed by atoms with van der Waals surface area (Å²) in [6.45, 7) is 6.88. The number of carbonyl (C=O) groups is 3. The number of halogens is 5. The molecule has 1 fully saturated rings. The Morgan fingerprint density at radius 2 is 1.53 bits per heavy atom. The molecule has 1 aromatic rings. The number of nitrogens with zero attached hydrogens (tertiary/aromatic N) is 2. The Hall–Kier alpha value is -1.07. The van der Waals surface area contributed by atoms with Gasteiger partial charge in [0.15, 0.2) is 0 Å². The predicted octanol–water partition coefficient (Wildman–Crippen LogP) is 5.25. The van der Waals surface area contributed by atoms with E-state index in [1.54, 1.807) is 27.7 Å². The number of hydrogen-bond acceptors (Lipinski definition) is 7. The fourth-order valence-electron chi connectivity index (χ4n) is 3.16. The molecule has 0 bridgehead atoms. The molecule has 0 aromatic carbocycles. The maximum atomic E-state index is 12.0. The van der Waals surface area contributed by atoms with E-state index in [0.29, 0.717) is 30.7 Å². The highest BCUT2D eigenvalue weighted by atomic mass is 36.0. The van der Waals surface area contributed by atoms with Crippen LogP contribution >= 0.6 is 62.1 Å². The van der Waals surface area contributed by atoms with Crippen LogP contribution in [0.15, 0.2) is 9.59 Å². The van der Waals surface area contributed by atoms with Crippen molar-refractivity contribution in [1.29, 1.82) is 0 Å². The van der Waals surface area contributed by atoms with Gasteiger partial charge in [0.2, 0.25) is 11.8 Å². The molecule has 3 N–H and O–H groups in total. The van der Waals surface area contributed by atoms with Crippen molar-refractivity contribution in [2.45, 2.75) is 72.9 Å². The number of carbonyl (C=O) groups excluding carboxylic acids is 3. The number of nitrogens with one attached hydrogen (secondary N) is 2. The van der Waals surface area contributed by atoms with Gasteiger partial charge in [-0.15, -0.1) is 11.6 Å². The minimum Gasteiger partial charge on any atom is -0.396 e. The Morgan fingerprint density at radius 1 is 1.00 bits per heavy atom. The molecule has 2 rings (SSSR count). The smallest absolute Gasteiger partial charge is 0.339 e. The van der Waals surface area contributed by atoms with Crippen molar-refractivity contribution in [3.8, 4) is 0 Å². The number of urea groups is 1. The van der Waals surface area contributed by atoms with Crippen molar-refractivity contribution >= 4 is 80.0 Å². The van der Waals surface area contributed by atoms with Crippen LogP contribution in [0.25, 0.3) is 0 Å². The zero-order valence-electron chi connectivity index (χ0n) is 20.6. The van der Waals surface area contributed by atoms with E-state index < -0.39 is 34.7 Å². The van der Waals surface area contributed by atoms with Gasteiger partial charge in [-0.3, -0.25) is 38.7 Å². The summed E-state index contributed by atoms with van der Waals surface area (Å²) >= 11 is 25.3. The molecule has 17 heteroatoms. The molecule has 2 heterocycles. The molecule has 0 radical (unpaired) electrons. The Bertz CT molecular complexity index is 1100. The summed E-state index contributed by atoms with van der Waals surface area (Å²) in [5.41, 5.74) is -0.371.